The smallest absolute Gasteiger partial charge is 0.337 e. The fourth-order valence-corrected chi connectivity index (χ4v) is 5.73. The second-order valence-corrected chi connectivity index (χ2v) is 11.2. The summed E-state index contributed by atoms with van der Waals surface area (Å²) in [7, 11) is 1.39. The van der Waals surface area contributed by atoms with Gasteiger partial charge in [-0.2, -0.15) is 0 Å². The normalized spacial score (nSPS) is 17.5. The van der Waals surface area contributed by atoms with Crippen molar-refractivity contribution in [2.24, 2.45) is 0 Å². The van der Waals surface area contributed by atoms with Gasteiger partial charge in [0.05, 0.1) is 42.9 Å². The monoisotopic (exact) mass is 586 g/mol. The van der Waals surface area contributed by atoms with E-state index in [1.165, 1.54) is 20.1 Å². The molecular weight excluding hydrogens is 551 g/mol. The maximum atomic E-state index is 14.4. The highest BCUT2D eigenvalue weighted by molar-refractivity contribution is 5.94. The molecular formula is C33H35FN4O5. The number of benzene rings is 2. The average molecular weight is 587 g/mol. The van der Waals surface area contributed by atoms with Gasteiger partial charge in [0, 0.05) is 35.4 Å². The first kappa shape index (κ1) is 28.9. The topological polar surface area (TPSA) is 95.8 Å². The van der Waals surface area contributed by atoms with Crippen molar-refractivity contribution in [3.05, 3.63) is 88.6 Å². The number of carbonyl (C=O) groups is 2. The van der Waals surface area contributed by atoms with Gasteiger partial charge in [-0.25, -0.2) is 19.2 Å². The first-order valence-electron chi connectivity index (χ1n) is 14.7. The van der Waals surface area contributed by atoms with Gasteiger partial charge in [0.15, 0.2) is 5.78 Å². The Morgan fingerprint density at radius 3 is 2.51 bits per heavy atom. The lowest BCUT2D eigenvalue weighted by Gasteiger charge is -2.32. The van der Waals surface area contributed by atoms with E-state index >= 15 is 0 Å². The third-order valence-corrected chi connectivity index (χ3v) is 8.38. The van der Waals surface area contributed by atoms with Crippen molar-refractivity contribution in [1.29, 1.82) is 0 Å². The maximum absolute atomic E-state index is 14.4. The molecule has 0 saturated carbocycles. The Labute approximate surface area is 249 Å². The van der Waals surface area contributed by atoms with Crippen LogP contribution in [-0.4, -0.2) is 64.1 Å². The van der Waals surface area contributed by atoms with Crippen LogP contribution in [0.5, 0.6) is 5.88 Å². The van der Waals surface area contributed by atoms with Crippen LogP contribution in [0.3, 0.4) is 0 Å². The molecule has 2 aromatic carbocycles. The molecule has 4 aromatic rings. The Balaban J connectivity index is 1.10. The van der Waals surface area contributed by atoms with Crippen LogP contribution in [0, 0.1) is 5.82 Å². The molecule has 0 spiro atoms. The largest absolute Gasteiger partial charge is 0.473 e. The summed E-state index contributed by atoms with van der Waals surface area (Å²) in [5.41, 5.74) is 3.96. The second kappa shape index (κ2) is 12.6. The van der Waals surface area contributed by atoms with Gasteiger partial charge in [-0.3, -0.25) is 9.69 Å². The highest BCUT2D eigenvalue weighted by Gasteiger charge is 2.26. The summed E-state index contributed by atoms with van der Waals surface area (Å²) >= 11 is 0. The zero-order valence-electron chi connectivity index (χ0n) is 24.4. The molecule has 9 nitrogen and oxygen atoms in total. The van der Waals surface area contributed by atoms with Gasteiger partial charge in [-0.1, -0.05) is 18.2 Å². The number of carbonyl (C=O) groups excluding carboxylic acids is 2. The van der Waals surface area contributed by atoms with E-state index in [0.717, 1.165) is 61.5 Å². The number of esters is 1. The minimum Gasteiger partial charge on any atom is -0.473 e. The third-order valence-electron chi connectivity index (χ3n) is 8.38. The van der Waals surface area contributed by atoms with E-state index in [1.54, 1.807) is 24.3 Å². The second-order valence-electron chi connectivity index (χ2n) is 11.2. The van der Waals surface area contributed by atoms with Crippen LogP contribution in [0.15, 0.2) is 54.6 Å². The van der Waals surface area contributed by atoms with Crippen LogP contribution < -0.4 is 4.74 Å². The maximum Gasteiger partial charge on any atom is 0.337 e. The highest BCUT2D eigenvalue weighted by Crippen LogP contribution is 2.30. The third kappa shape index (κ3) is 6.45. The minimum absolute atomic E-state index is 0.0347. The van der Waals surface area contributed by atoms with Gasteiger partial charge >= 0.3 is 5.97 Å². The van der Waals surface area contributed by atoms with Gasteiger partial charge in [-0.15, -0.1) is 0 Å². The van der Waals surface area contributed by atoms with Crippen molar-refractivity contribution in [2.75, 3.05) is 26.8 Å². The van der Waals surface area contributed by atoms with Crippen LogP contribution in [0.4, 0.5) is 4.39 Å². The Kier molecular flexibility index (Phi) is 8.49. The zero-order valence-corrected chi connectivity index (χ0v) is 24.4. The first-order valence-corrected chi connectivity index (χ1v) is 14.7. The number of halogens is 1. The lowest BCUT2D eigenvalue weighted by atomic mass is 9.93. The van der Waals surface area contributed by atoms with Crippen LogP contribution >= 0.6 is 0 Å². The molecule has 0 bridgehead atoms. The summed E-state index contributed by atoms with van der Waals surface area (Å²) in [4.78, 5) is 35.8. The molecule has 2 aliphatic heterocycles. The zero-order chi connectivity index (χ0) is 29.9. The highest BCUT2D eigenvalue weighted by atomic mass is 19.1. The van der Waals surface area contributed by atoms with Crippen LogP contribution in [0.25, 0.3) is 11.0 Å². The summed E-state index contributed by atoms with van der Waals surface area (Å²) in [6.07, 6.45) is 3.05. The van der Waals surface area contributed by atoms with E-state index in [0.29, 0.717) is 35.7 Å². The predicted octanol–water partition coefficient (Wildman–Crippen LogP) is 5.31. The molecule has 4 heterocycles. The molecule has 2 aliphatic rings. The summed E-state index contributed by atoms with van der Waals surface area (Å²) in [6.45, 7) is 5.41. The van der Waals surface area contributed by atoms with Crippen LogP contribution in [-0.2, 0) is 29.2 Å². The van der Waals surface area contributed by atoms with Crippen molar-refractivity contribution in [3.63, 3.8) is 0 Å². The van der Waals surface area contributed by atoms with E-state index in [2.05, 4.69) is 9.47 Å². The van der Waals surface area contributed by atoms with Gasteiger partial charge < -0.3 is 18.8 Å². The number of pyridine rings is 1. The van der Waals surface area contributed by atoms with E-state index < -0.39 is 5.82 Å². The molecule has 2 fully saturated rings. The van der Waals surface area contributed by atoms with Crippen molar-refractivity contribution in [3.8, 4) is 5.88 Å². The van der Waals surface area contributed by atoms with Gasteiger partial charge in [-0.05, 0) is 69.6 Å². The van der Waals surface area contributed by atoms with Crippen molar-refractivity contribution in [2.45, 2.75) is 57.9 Å². The molecule has 0 N–H and O–H groups in total. The SMILES string of the molecule is COC(=O)c1ccc2nc(CN3CCC(c4cccc(OCc5ccc(C(C)=O)cc5F)n4)CC3)n(C[C@@H]3CCO3)c2c1. The number of fused-ring (bicyclic) bond motifs is 1. The number of ether oxygens (including phenoxy) is 3. The Bertz CT molecular complexity index is 1640. The number of hydrogen-bond donors (Lipinski definition) is 0. The molecule has 2 aromatic heterocycles. The summed E-state index contributed by atoms with van der Waals surface area (Å²) in [6, 6.07) is 15.7. The number of Topliss-reactive ketones (excluding diaryl/α,β-unsaturated/α-hetero) is 1. The van der Waals surface area contributed by atoms with Crippen molar-refractivity contribution >= 4 is 22.8 Å². The summed E-state index contributed by atoms with van der Waals surface area (Å²) in [5, 5.41) is 0. The Hall–Kier alpha value is -4.15. The van der Waals surface area contributed by atoms with Gasteiger partial charge in [0.2, 0.25) is 5.88 Å². The number of likely N-dealkylation sites (tertiary alicyclic amines) is 1. The molecule has 0 unspecified atom stereocenters. The standard InChI is InChI=1S/C33H35FN4O5/c1-21(39)23-6-7-25(27(34)16-23)20-43-32-5-3-4-28(36-32)22-10-13-37(14-11-22)19-31-35-29-9-8-24(33(40)41-2)17-30(29)38(31)18-26-12-15-42-26/h3-9,16-17,22,26H,10-15,18-20H2,1-2H3/t26-/m0/s1. The number of ketones is 1. The lowest BCUT2D eigenvalue weighted by molar-refractivity contribution is -0.0592. The molecule has 6 rings (SSSR count). The number of aromatic nitrogens is 3. The Morgan fingerprint density at radius 1 is 1.02 bits per heavy atom. The molecule has 224 valence electrons. The van der Waals surface area contributed by atoms with Gasteiger partial charge in [0.1, 0.15) is 18.2 Å². The number of piperidine rings is 1. The van der Waals surface area contributed by atoms with E-state index in [1.807, 2.05) is 24.3 Å². The molecule has 10 heteroatoms. The number of rotatable bonds is 10. The fraction of sp³-hybridized carbons (Fsp3) is 0.394. The molecule has 2 saturated heterocycles. The van der Waals surface area contributed by atoms with E-state index in [4.69, 9.17) is 24.2 Å². The molecule has 0 aliphatic carbocycles. The average Bonchev–Trinajstić information content (AvgIpc) is 3.34. The van der Waals surface area contributed by atoms with Crippen molar-refractivity contribution < 1.29 is 28.2 Å². The number of imidazole rings is 1. The summed E-state index contributed by atoms with van der Waals surface area (Å²) in [5.74, 6) is 0.695. The fourth-order valence-electron chi connectivity index (χ4n) is 5.73. The predicted molar refractivity (Wildman–Crippen MR) is 158 cm³/mol. The number of hydrogen-bond acceptors (Lipinski definition) is 8. The van der Waals surface area contributed by atoms with Crippen molar-refractivity contribution in [1.82, 2.24) is 19.4 Å². The molecule has 0 amide bonds. The number of methoxy groups -OCH3 is 1. The lowest BCUT2D eigenvalue weighted by Crippen LogP contribution is -2.35. The quantitative estimate of drug-likeness (QED) is 0.182. The minimum atomic E-state index is -0.464. The first-order chi connectivity index (χ1) is 20.9. The molecule has 0 radical (unpaired) electrons. The van der Waals surface area contributed by atoms with Gasteiger partial charge in [0.25, 0.3) is 0 Å². The van der Waals surface area contributed by atoms with Crippen LogP contribution in [0.2, 0.25) is 0 Å². The van der Waals surface area contributed by atoms with Crippen LogP contribution in [0.1, 0.15) is 69.9 Å². The molecule has 1 atom stereocenters. The van der Waals surface area contributed by atoms with E-state index in [-0.39, 0.29) is 30.4 Å². The summed E-state index contributed by atoms with van der Waals surface area (Å²) < 4.78 is 33.1. The molecule has 43 heavy (non-hydrogen) atoms. The Morgan fingerprint density at radius 2 is 1.81 bits per heavy atom. The van der Waals surface area contributed by atoms with E-state index in [9.17, 15) is 14.0 Å². The number of nitrogens with zero attached hydrogens (tertiary/aromatic N) is 4.